The maximum absolute atomic E-state index is 13.6. The summed E-state index contributed by atoms with van der Waals surface area (Å²) >= 11 is 12.8. The highest BCUT2D eigenvalue weighted by Crippen LogP contribution is 2.35. The fourth-order valence-electron chi connectivity index (χ4n) is 3.90. The van der Waals surface area contributed by atoms with Crippen LogP contribution in [0.1, 0.15) is 67.4 Å². The maximum Gasteiger partial charge on any atom is 0.254 e. The summed E-state index contributed by atoms with van der Waals surface area (Å²) in [4.78, 5) is 15.2. The lowest BCUT2D eigenvalue weighted by atomic mass is 10.0. The monoisotopic (exact) mass is 511 g/mol. The maximum atomic E-state index is 13.6. The summed E-state index contributed by atoms with van der Waals surface area (Å²) in [7, 11) is -3.17. The molecule has 0 N–H and O–H groups in total. The summed E-state index contributed by atoms with van der Waals surface area (Å²) in [5, 5.41) is 0.532. The Morgan fingerprint density at radius 2 is 1.79 bits per heavy atom. The van der Waals surface area contributed by atoms with Crippen LogP contribution in [-0.4, -0.2) is 43.4 Å². The van der Waals surface area contributed by atoms with Crippen LogP contribution in [0.3, 0.4) is 0 Å². The molecule has 2 aromatic carbocycles. The molecular weight excluding hydrogens is 481 g/mol. The second-order valence-electron chi connectivity index (χ2n) is 8.86. The zero-order chi connectivity index (χ0) is 24.2. The van der Waals surface area contributed by atoms with Gasteiger partial charge in [0.2, 0.25) is 0 Å². The number of halogens is 2. The van der Waals surface area contributed by atoms with Gasteiger partial charge in [-0.2, -0.15) is 0 Å². The predicted molar refractivity (Wildman–Crippen MR) is 134 cm³/mol. The Balaban J connectivity index is 1.89. The van der Waals surface area contributed by atoms with Gasteiger partial charge >= 0.3 is 0 Å². The van der Waals surface area contributed by atoms with E-state index >= 15 is 0 Å². The average Bonchev–Trinajstić information content (AvgIpc) is 3.13. The number of benzene rings is 2. The SMILES string of the molecule is CCCCOc1c(Cl)cc(C(=O)N(Cc2ccc(C(C)C)cc2)C2CCS(=O)(=O)C2)cc1Cl. The Labute approximate surface area is 206 Å². The van der Waals surface area contributed by atoms with Gasteiger partial charge in [-0.25, -0.2) is 8.42 Å². The minimum atomic E-state index is -3.17. The highest BCUT2D eigenvalue weighted by Gasteiger charge is 2.35. The first-order valence-corrected chi connectivity index (χ1v) is 13.9. The number of carbonyl (C=O) groups excluding carboxylic acids is 1. The average molecular weight is 512 g/mol. The number of rotatable bonds is 9. The molecule has 0 aromatic heterocycles. The van der Waals surface area contributed by atoms with Crippen LogP contribution in [0.15, 0.2) is 36.4 Å². The van der Waals surface area contributed by atoms with E-state index in [9.17, 15) is 13.2 Å². The smallest absolute Gasteiger partial charge is 0.254 e. The number of ether oxygens (including phenoxy) is 1. The van der Waals surface area contributed by atoms with Crippen LogP contribution in [0.5, 0.6) is 5.75 Å². The molecule has 33 heavy (non-hydrogen) atoms. The molecular formula is C25H31Cl2NO4S. The van der Waals surface area contributed by atoms with Crippen molar-refractivity contribution in [3.05, 3.63) is 63.1 Å². The summed E-state index contributed by atoms with van der Waals surface area (Å²) in [5.41, 5.74) is 2.46. The van der Waals surface area contributed by atoms with Crippen LogP contribution in [0.25, 0.3) is 0 Å². The van der Waals surface area contributed by atoms with E-state index < -0.39 is 15.9 Å². The molecule has 1 heterocycles. The van der Waals surface area contributed by atoms with Crippen molar-refractivity contribution in [2.24, 2.45) is 0 Å². The lowest BCUT2D eigenvalue weighted by Gasteiger charge is -2.29. The molecule has 1 amide bonds. The van der Waals surface area contributed by atoms with Crippen molar-refractivity contribution in [2.75, 3.05) is 18.1 Å². The molecule has 1 unspecified atom stereocenters. The fraction of sp³-hybridized carbons (Fsp3) is 0.480. The van der Waals surface area contributed by atoms with Crippen LogP contribution >= 0.6 is 23.2 Å². The van der Waals surface area contributed by atoms with Gasteiger partial charge in [0.05, 0.1) is 28.2 Å². The van der Waals surface area contributed by atoms with Gasteiger partial charge in [-0.05, 0) is 42.0 Å². The third-order valence-corrected chi connectivity index (χ3v) is 8.21. The van der Waals surface area contributed by atoms with Gasteiger partial charge in [0.1, 0.15) is 0 Å². The standard InChI is InChI=1S/C25H31Cl2NO4S/c1-4-5-11-32-24-22(26)13-20(14-23(24)27)25(29)28(21-10-12-33(30,31)16-21)15-18-6-8-19(9-7-18)17(2)3/h6-9,13-14,17,21H,4-5,10-12,15-16H2,1-3H3. The zero-order valence-corrected chi connectivity index (χ0v) is 21.6. The summed E-state index contributed by atoms with van der Waals surface area (Å²) in [6.07, 6.45) is 2.26. The molecule has 2 aromatic rings. The second kappa shape index (κ2) is 11.1. The van der Waals surface area contributed by atoms with E-state index in [0.29, 0.717) is 36.8 Å². The van der Waals surface area contributed by atoms with E-state index in [1.54, 1.807) is 17.0 Å². The van der Waals surface area contributed by atoms with E-state index in [0.717, 1.165) is 18.4 Å². The first-order valence-electron chi connectivity index (χ1n) is 11.3. The molecule has 0 spiro atoms. The van der Waals surface area contributed by atoms with Crippen molar-refractivity contribution in [3.8, 4) is 5.75 Å². The summed E-state index contributed by atoms with van der Waals surface area (Å²) < 4.78 is 30.0. The van der Waals surface area contributed by atoms with E-state index in [2.05, 4.69) is 20.8 Å². The summed E-state index contributed by atoms with van der Waals surface area (Å²) in [6.45, 7) is 7.10. The Morgan fingerprint density at radius 1 is 1.15 bits per heavy atom. The normalized spacial score (nSPS) is 17.3. The van der Waals surface area contributed by atoms with E-state index in [-0.39, 0.29) is 27.5 Å². The molecule has 3 rings (SSSR count). The van der Waals surface area contributed by atoms with E-state index in [1.807, 2.05) is 24.3 Å². The second-order valence-corrected chi connectivity index (χ2v) is 11.9. The number of carbonyl (C=O) groups is 1. The van der Waals surface area contributed by atoms with Crippen LogP contribution in [0, 0.1) is 0 Å². The number of unbranched alkanes of at least 4 members (excludes halogenated alkanes) is 1. The zero-order valence-electron chi connectivity index (χ0n) is 19.3. The summed E-state index contributed by atoms with van der Waals surface area (Å²) in [5.74, 6) is 0.512. The number of hydrogen-bond acceptors (Lipinski definition) is 4. The van der Waals surface area contributed by atoms with Crippen LogP contribution in [0.4, 0.5) is 0 Å². The van der Waals surface area contributed by atoms with Crippen molar-refractivity contribution >= 4 is 38.9 Å². The first kappa shape index (κ1) is 25.9. The first-order chi connectivity index (χ1) is 15.6. The topological polar surface area (TPSA) is 63.7 Å². The highest BCUT2D eigenvalue weighted by atomic mass is 35.5. The predicted octanol–water partition coefficient (Wildman–Crippen LogP) is 6.13. The molecule has 0 aliphatic carbocycles. The molecule has 1 atom stereocenters. The molecule has 8 heteroatoms. The Bertz CT molecular complexity index is 1060. The quantitative estimate of drug-likeness (QED) is 0.380. The van der Waals surface area contributed by atoms with Gasteiger partial charge in [0.25, 0.3) is 5.91 Å². The number of sulfone groups is 1. The molecule has 0 bridgehead atoms. The largest absolute Gasteiger partial charge is 0.490 e. The third-order valence-electron chi connectivity index (χ3n) is 5.90. The van der Waals surface area contributed by atoms with Crippen LogP contribution in [0.2, 0.25) is 10.0 Å². The van der Waals surface area contributed by atoms with Crippen LogP contribution in [-0.2, 0) is 16.4 Å². The van der Waals surface area contributed by atoms with Gasteiger partial charge in [-0.1, -0.05) is 74.7 Å². The minimum absolute atomic E-state index is 0.0392. The fourth-order valence-corrected chi connectivity index (χ4v) is 6.23. The van der Waals surface area contributed by atoms with Crippen LogP contribution < -0.4 is 4.74 Å². The molecule has 1 aliphatic heterocycles. The number of amides is 1. The van der Waals surface area contributed by atoms with E-state index in [4.69, 9.17) is 27.9 Å². The Kier molecular flexibility index (Phi) is 8.70. The third kappa shape index (κ3) is 6.65. The molecule has 1 fully saturated rings. The Morgan fingerprint density at radius 3 is 2.30 bits per heavy atom. The molecule has 0 radical (unpaired) electrons. The molecule has 0 saturated carbocycles. The van der Waals surface area contributed by atoms with E-state index in [1.165, 1.54) is 5.56 Å². The Hall–Kier alpha value is -1.76. The lowest BCUT2D eigenvalue weighted by Crippen LogP contribution is -2.40. The van der Waals surface area contributed by atoms with Gasteiger partial charge in [-0.15, -0.1) is 0 Å². The van der Waals surface area contributed by atoms with Gasteiger partial charge in [0.15, 0.2) is 15.6 Å². The van der Waals surface area contributed by atoms with Crippen molar-refractivity contribution in [1.82, 2.24) is 4.90 Å². The highest BCUT2D eigenvalue weighted by molar-refractivity contribution is 7.91. The van der Waals surface area contributed by atoms with Crippen molar-refractivity contribution in [1.29, 1.82) is 0 Å². The molecule has 1 aliphatic rings. The number of hydrogen-bond donors (Lipinski definition) is 0. The van der Waals surface area contributed by atoms with Crippen molar-refractivity contribution < 1.29 is 17.9 Å². The van der Waals surface area contributed by atoms with Crippen molar-refractivity contribution in [2.45, 2.75) is 58.5 Å². The van der Waals surface area contributed by atoms with Gasteiger partial charge in [-0.3, -0.25) is 4.79 Å². The van der Waals surface area contributed by atoms with Gasteiger partial charge in [0, 0.05) is 18.2 Å². The lowest BCUT2D eigenvalue weighted by molar-refractivity contribution is 0.0681. The number of nitrogens with zero attached hydrogens (tertiary/aromatic N) is 1. The van der Waals surface area contributed by atoms with Gasteiger partial charge < -0.3 is 9.64 Å². The molecule has 5 nitrogen and oxygen atoms in total. The minimum Gasteiger partial charge on any atom is -0.490 e. The molecule has 1 saturated heterocycles. The molecule has 180 valence electrons. The van der Waals surface area contributed by atoms with Crippen molar-refractivity contribution in [3.63, 3.8) is 0 Å². The summed E-state index contributed by atoms with van der Waals surface area (Å²) in [6, 6.07) is 10.8.